The number of nitrogens with zero attached hydrogens (tertiary/aromatic N) is 3. The molecule has 2 rings (SSSR count). The number of ether oxygens (including phenoxy) is 1. The van der Waals surface area contributed by atoms with Gasteiger partial charge in [0.2, 0.25) is 5.95 Å². The van der Waals surface area contributed by atoms with Crippen molar-refractivity contribution in [2.24, 2.45) is 0 Å². The zero-order valence-electron chi connectivity index (χ0n) is 13.5. The van der Waals surface area contributed by atoms with E-state index in [9.17, 15) is 5.26 Å². The third-order valence-electron chi connectivity index (χ3n) is 3.46. The molecule has 0 aliphatic carbocycles. The number of nitriles is 1. The van der Waals surface area contributed by atoms with Crippen LogP contribution in [0, 0.1) is 18.3 Å². The summed E-state index contributed by atoms with van der Waals surface area (Å²) in [6.45, 7) is 4.72. The van der Waals surface area contributed by atoms with Gasteiger partial charge in [-0.1, -0.05) is 31.4 Å². The van der Waals surface area contributed by atoms with Crippen LogP contribution in [0.5, 0.6) is 5.75 Å². The van der Waals surface area contributed by atoms with Gasteiger partial charge in [0.05, 0.1) is 12.3 Å². The van der Waals surface area contributed by atoms with Crippen LogP contribution in [0.15, 0.2) is 18.2 Å². The van der Waals surface area contributed by atoms with Crippen molar-refractivity contribution in [3.8, 4) is 23.1 Å². The quantitative estimate of drug-likeness (QED) is 0.793. The van der Waals surface area contributed by atoms with Crippen molar-refractivity contribution in [1.29, 1.82) is 5.26 Å². The fourth-order valence-corrected chi connectivity index (χ4v) is 2.29. The van der Waals surface area contributed by atoms with Gasteiger partial charge in [0.25, 0.3) is 0 Å². The molecule has 0 aliphatic rings. The Balaban J connectivity index is 2.46. The van der Waals surface area contributed by atoms with Crippen molar-refractivity contribution >= 4 is 11.8 Å². The molecule has 1 aromatic carbocycles. The Labute approximate surface area is 136 Å². The Morgan fingerprint density at radius 2 is 2.00 bits per heavy atom. The second kappa shape index (κ2) is 7.45. The maximum atomic E-state index is 9.37. The molecule has 120 valence electrons. The third-order valence-corrected chi connectivity index (χ3v) is 3.46. The van der Waals surface area contributed by atoms with E-state index in [0.717, 1.165) is 24.8 Å². The lowest BCUT2D eigenvalue weighted by atomic mass is 10.0. The number of rotatable bonds is 6. The molecule has 0 amide bonds. The van der Waals surface area contributed by atoms with E-state index >= 15 is 0 Å². The molecule has 0 fully saturated rings. The van der Waals surface area contributed by atoms with Crippen molar-refractivity contribution < 1.29 is 4.74 Å². The second-order valence-corrected chi connectivity index (χ2v) is 5.36. The largest absolute Gasteiger partial charge is 0.493 e. The zero-order chi connectivity index (χ0) is 16.8. The summed E-state index contributed by atoms with van der Waals surface area (Å²) < 4.78 is 5.88. The van der Waals surface area contributed by atoms with Crippen LogP contribution in [-0.2, 0) is 0 Å². The molecule has 0 saturated heterocycles. The summed E-state index contributed by atoms with van der Waals surface area (Å²) in [7, 11) is 0. The minimum Gasteiger partial charge on any atom is -0.493 e. The normalized spacial score (nSPS) is 10.3. The van der Waals surface area contributed by atoms with Crippen LogP contribution in [0.2, 0.25) is 0 Å². The van der Waals surface area contributed by atoms with Gasteiger partial charge in [-0.25, -0.2) is 4.98 Å². The number of nitrogens with two attached hydrogens (primary N) is 2. The highest BCUT2D eigenvalue weighted by atomic mass is 16.5. The van der Waals surface area contributed by atoms with Crippen molar-refractivity contribution in [2.45, 2.75) is 33.1 Å². The first-order valence-corrected chi connectivity index (χ1v) is 7.63. The van der Waals surface area contributed by atoms with E-state index in [1.165, 1.54) is 0 Å². The first kappa shape index (κ1) is 16.6. The molecular weight excluding hydrogens is 290 g/mol. The predicted molar refractivity (Wildman–Crippen MR) is 90.8 cm³/mol. The van der Waals surface area contributed by atoms with E-state index in [2.05, 4.69) is 23.0 Å². The van der Waals surface area contributed by atoms with Crippen molar-refractivity contribution in [2.75, 3.05) is 18.1 Å². The summed E-state index contributed by atoms with van der Waals surface area (Å²) >= 11 is 0. The molecule has 23 heavy (non-hydrogen) atoms. The van der Waals surface area contributed by atoms with E-state index in [1.54, 1.807) is 0 Å². The minimum atomic E-state index is 0.0370. The third kappa shape index (κ3) is 3.89. The monoisotopic (exact) mass is 311 g/mol. The van der Waals surface area contributed by atoms with E-state index < -0.39 is 0 Å². The van der Waals surface area contributed by atoms with Crippen LogP contribution in [-0.4, -0.2) is 16.6 Å². The Hall–Kier alpha value is -2.81. The van der Waals surface area contributed by atoms with Crippen LogP contribution < -0.4 is 16.2 Å². The van der Waals surface area contributed by atoms with Gasteiger partial charge in [0.15, 0.2) is 0 Å². The van der Waals surface area contributed by atoms with E-state index in [1.807, 2.05) is 25.1 Å². The van der Waals surface area contributed by atoms with Crippen molar-refractivity contribution in [3.63, 3.8) is 0 Å². The molecule has 1 aromatic heterocycles. The maximum Gasteiger partial charge on any atom is 0.222 e. The Morgan fingerprint density at radius 3 is 2.70 bits per heavy atom. The highest BCUT2D eigenvalue weighted by Gasteiger charge is 2.17. The van der Waals surface area contributed by atoms with Gasteiger partial charge >= 0.3 is 0 Å². The number of aromatic nitrogens is 2. The summed E-state index contributed by atoms with van der Waals surface area (Å²) in [6.07, 6.45) is 3.21. The van der Waals surface area contributed by atoms with Gasteiger partial charge in [-0.15, -0.1) is 0 Å². The molecule has 0 aliphatic heterocycles. The lowest BCUT2D eigenvalue weighted by Crippen LogP contribution is -2.06. The first-order valence-electron chi connectivity index (χ1n) is 7.63. The number of hydrogen-bond donors (Lipinski definition) is 2. The summed E-state index contributed by atoms with van der Waals surface area (Å²) in [5, 5.41) is 9.37. The van der Waals surface area contributed by atoms with Gasteiger partial charge in [-0.3, -0.25) is 0 Å². The molecule has 1 heterocycles. The fourth-order valence-electron chi connectivity index (χ4n) is 2.29. The van der Waals surface area contributed by atoms with Crippen molar-refractivity contribution in [3.05, 3.63) is 29.3 Å². The minimum absolute atomic E-state index is 0.0370. The molecule has 0 bridgehead atoms. The van der Waals surface area contributed by atoms with Crippen LogP contribution in [0.3, 0.4) is 0 Å². The van der Waals surface area contributed by atoms with Crippen LogP contribution in [0.1, 0.15) is 37.3 Å². The molecule has 0 unspecified atom stereocenters. The van der Waals surface area contributed by atoms with Gasteiger partial charge in [-0.05, 0) is 25.5 Å². The molecular formula is C17H21N5O. The summed E-state index contributed by atoms with van der Waals surface area (Å²) in [5.41, 5.74) is 13.9. The molecule has 0 spiro atoms. The van der Waals surface area contributed by atoms with Gasteiger partial charge in [0, 0.05) is 5.56 Å². The number of nitrogen functional groups attached to an aromatic ring is 2. The molecule has 4 N–H and O–H groups in total. The Morgan fingerprint density at radius 1 is 1.22 bits per heavy atom. The topological polar surface area (TPSA) is 111 Å². The molecule has 6 nitrogen and oxygen atoms in total. The highest BCUT2D eigenvalue weighted by molar-refractivity contribution is 5.77. The molecule has 2 aromatic rings. The van der Waals surface area contributed by atoms with Crippen molar-refractivity contribution in [1.82, 2.24) is 9.97 Å². The highest BCUT2D eigenvalue weighted by Crippen LogP contribution is 2.34. The maximum absolute atomic E-state index is 9.37. The fraction of sp³-hybridized carbons (Fsp3) is 0.353. The summed E-state index contributed by atoms with van der Waals surface area (Å²) in [4.78, 5) is 8.06. The van der Waals surface area contributed by atoms with Gasteiger partial charge < -0.3 is 16.2 Å². The van der Waals surface area contributed by atoms with E-state index in [0.29, 0.717) is 23.6 Å². The molecule has 0 saturated carbocycles. The average Bonchev–Trinajstić information content (AvgIpc) is 2.52. The predicted octanol–water partition coefficient (Wildman–Crippen LogP) is 3.06. The lowest BCUT2D eigenvalue weighted by Gasteiger charge is -2.14. The molecule has 0 atom stereocenters. The molecule has 0 radical (unpaired) electrons. The Bertz CT molecular complexity index is 736. The zero-order valence-corrected chi connectivity index (χ0v) is 13.5. The van der Waals surface area contributed by atoms with E-state index in [-0.39, 0.29) is 17.3 Å². The molecule has 6 heteroatoms. The number of benzene rings is 1. The first-order chi connectivity index (χ1) is 11.1. The SMILES string of the molecule is CCCCCOc1ccc(C)cc1-c1nc(N)nc(N)c1C#N. The van der Waals surface area contributed by atoms with E-state index in [4.69, 9.17) is 16.2 Å². The number of hydrogen-bond acceptors (Lipinski definition) is 6. The number of anilines is 2. The summed E-state index contributed by atoms with van der Waals surface area (Å²) in [6, 6.07) is 7.80. The lowest BCUT2D eigenvalue weighted by molar-refractivity contribution is 0.307. The Kier molecular flexibility index (Phi) is 5.36. The number of unbranched alkanes of at least 4 members (excludes halogenated alkanes) is 2. The van der Waals surface area contributed by atoms with Crippen LogP contribution in [0.25, 0.3) is 11.3 Å². The van der Waals surface area contributed by atoms with Crippen LogP contribution in [0.4, 0.5) is 11.8 Å². The average molecular weight is 311 g/mol. The number of aryl methyl sites for hydroxylation is 1. The smallest absolute Gasteiger partial charge is 0.222 e. The van der Waals surface area contributed by atoms with Gasteiger partial charge in [-0.2, -0.15) is 10.2 Å². The van der Waals surface area contributed by atoms with Gasteiger partial charge in [0.1, 0.15) is 23.2 Å². The van der Waals surface area contributed by atoms with Crippen LogP contribution >= 0.6 is 0 Å². The second-order valence-electron chi connectivity index (χ2n) is 5.36. The standard InChI is InChI=1S/C17H21N5O/c1-3-4-5-8-23-14-7-6-11(2)9-12(14)15-13(10-18)16(19)22-17(20)21-15/h6-7,9H,3-5,8H2,1-2H3,(H4,19,20,21,22). The summed E-state index contributed by atoms with van der Waals surface area (Å²) in [5.74, 6) is 0.782.